The number of hydrogen-bond acceptors (Lipinski definition) is 2. The van der Waals surface area contributed by atoms with Crippen molar-refractivity contribution in [3.63, 3.8) is 0 Å². The van der Waals surface area contributed by atoms with Gasteiger partial charge in [-0.3, -0.25) is 4.79 Å². The molecule has 0 saturated heterocycles. The van der Waals surface area contributed by atoms with Crippen LogP contribution in [-0.4, -0.2) is 10.9 Å². The molecule has 3 nitrogen and oxygen atoms in total. The van der Waals surface area contributed by atoms with E-state index >= 15 is 0 Å². The molecule has 0 aromatic carbocycles. The van der Waals surface area contributed by atoms with E-state index in [9.17, 15) is 13.6 Å². The van der Waals surface area contributed by atoms with Crippen molar-refractivity contribution in [2.24, 2.45) is 5.73 Å². The molecule has 0 radical (unpaired) electrons. The van der Waals surface area contributed by atoms with Crippen molar-refractivity contribution in [1.29, 1.82) is 0 Å². The van der Waals surface area contributed by atoms with Gasteiger partial charge < -0.3 is 5.73 Å². The second-order valence-corrected chi connectivity index (χ2v) is 3.09. The number of amides is 1. The Balaban J connectivity index is 3.41. The molecule has 0 bridgehead atoms. The van der Waals surface area contributed by atoms with Crippen molar-refractivity contribution in [2.45, 2.75) is 6.43 Å². The smallest absolute Gasteiger partial charge is 0.266 e. The first-order valence-corrected chi connectivity index (χ1v) is 4.12. The van der Waals surface area contributed by atoms with E-state index in [1.54, 1.807) is 0 Å². The van der Waals surface area contributed by atoms with Gasteiger partial charge in [0, 0.05) is 6.20 Å². The fourth-order valence-corrected chi connectivity index (χ4v) is 1.44. The predicted octanol–water partition coefficient (Wildman–Crippen LogP) is 2.42. The lowest BCUT2D eigenvalue weighted by atomic mass is 10.2. The van der Waals surface area contributed by atoms with Crippen LogP contribution in [0.4, 0.5) is 8.78 Å². The van der Waals surface area contributed by atoms with Gasteiger partial charge in [-0.2, -0.15) is 0 Å². The molecule has 0 spiro atoms. The van der Waals surface area contributed by atoms with Gasteiger partial charge in [-0.1, -0.05) is 23.2 Å². The van der Waals surface area contributed by atoms with Crippen LogP contribution in [-0.2, 0) is 0 Å². The maximum atomic E-state index is 12.3. The van der Waals surface area contributed by atoms with Crippen molar-refractivity contribution in [3.05, 3.63) is 27.5 Å². The number of carbonyl (C=O) groups excluding carboxylic acids is 1. The standard InChI is InChI=1S/C7H4Cl2F2N2O/c8-4-2(6(10)11)1-13-5(9)3(4)7(12)14/h1,6H,(H2,12,14). The van der Waals surface area contributed by atoms with Crippen LogP contribution in [0.2, 0.25) is 10.2 Å². The van der Waals surface area contributed by atoms with Gasteiger partial charge in [-0.15, -0.1) is 0 Å². The largest absolute Gasteiger partial charge is 0.365 e. The lowest BCUT2D eigenvalue weighted by Gasteiger charge is -2.06. The Morgan fingerprint density at radius 3 is 2.50 bits per heavy atom. The fraction of sp³-hybridized carbons (Fsp3) is 0.143. The third kappa shape index (κ3) is 1.93. The van der Waals surface area contributed by atoms with E-state index in [1.807, 2.05) is 0 Å². The summed E-state index contributed by atoms with van der Waals surface area (Å²) in [6, 6.07) is 0. The van der Waals surface area contributed by atoms with Gasteiger partial charge in [0.25, 0.3) is 12.3 Å². The Morgan fingerprint density at radius 1 is 1.50 bits per heavy atom. The number of hydrogen-bond donors (Lipinski definition) is 1. The van der Waals surface area contributed by atoms with Crippen molar-refractivity contribution < 1.29 is 13.6 Å². The number of aromatic nitrogens is 1. The van der Waals surface area contributed by atoms with E-state index in [0.717, 1.165) is 6.20 Å². The molecule has 0 aliphatic carbocycles. The highest BCUT2D eigenvalue weighted by molar-refractivity contribution is 6.39. The third-order valence-electron chi connectivity index (χ3n) is 1.48. The van der Waals surface area contributed by atoms with Gasteiger partial charge in [0.2, 0.25) is 0 Å². The lowest BCUT2D eigenvalue weighted by Crippen LogP contribution is -2.14. The Kier molecular flexibility index (Phi) is 3.23. The van der Waals surface area contributed by atoms with Crippen LogP contribution in [0.15, 0.2) is 6.20 Å². The Bertz CT molecular complexity index is 384. The van der Waals surface area contributed by atoms with Crippen LogP contribution in [0.1, 0.15) is 22.3 Å². The molecule has 1 aromatic rings. The first-order valence-electron chi connectivity index (χ1n) is 3.37. The number of halogens is 4. The molecule has 0 aliphatic rings. The molecule has 1 aromatic heterocycles. The molecule has 0 aliphatic heterocycles. The van der Waals surface area contributed by atoms with E-state index < -0.39 is 22.9 Å². The summed E-state index contributed by atoms with van der Waals surface area (Å²) in [7, 11) is 0. The van der Waals surface area contributed by atoms with E-state index in [-0.39, 0.29) is 10.7 Å². The van der Waals surface area contributed by atoms with Gasteiger partial charge in [0.15, 0.2) is 0 Å². The normalized spacial score (nSPS) is 10.6. The maximum Gasteiger partial charge on any atom is 0.266 e. The first-order chi connectivity index (χ1) is 6.45. The Hall–Kier alpha value is -0.940. The van der Waals surface area contributed by atoms with Crippen LogP contribution in [0.3, 0.4) is 0 Å². The van der Waals surface area contributed by atoms with Gasteiger partial charge in [0.1, 0.15) is 5.15 Å². The fourth-order valence-electron chi connectivity index (χ4n) is 0.844. The summed E-state index contributed by atoms with van der Waals surface area (Å²) in [4.78, 5) is 14.2. The highest BCUT2D eigenvalue weighted by Gasteiger charge is 2.21. The highest BCUT2D eigenvalue weighted by atomic mass is 35.5. The topological polar surface area (TPSA) is 56.0 Å². The number of carbonyl (C=O) groups is 1. The van der Waals surface area contributed by atoms with Crippen LogP contribution in [0.25, 0.3) is 0 Å². The van der Waals surface area contributed by atoms with Crippen LogP contribution >= 0.6 is 23.2 Å². The molecule has 76 valence electrons. The van der Waals surface area contributed by atoms with Crippen LogP contribution in [0, 0.1) is 0 Å². The summed E-state index contributed by atoms with van der Waals surface area (Å²) in [5, 5.41) is -0.737. The quantitative estimate of drug-likeness (QED) is 0.808. The number of rotatable bonds is 2. The summed E-state index contributed by atoms with van der Waals surface area (Å²) < 4.78 is 24.6. The molecular weight excluding hydrogens is 237 g/mol. The number of primary amides is 1. The van der Waals surface area contributed by atoms with E-state index in [2.05, 4.69) is 4.98 Å². The third-order valence-corrected chi connectivity index (χ3v) is 2.17. The molecule has 7 heteroatoms. The second-order valence-electron chi connectivity index (χ2n) is 2.36. The summed E-state index contributed by atoms with van der Waals surface area (Å²) in [6.07, 6.45) is -2.02. The number of alkyl halides is 2. The Morgan fingerprint density at radius 2 is 2.07 bits per heavy atom. The number of pyridine rings is 1. The summed E-state index contributed by atoms with van der Waals surface area (Å²) in [5.74, 6) is -0.991. The number of nitrogens with two attached hydrogens (primary N) is 1. The number of nitrogens with zero attached hydrogens (tertiary/aromatic N) is 1. The molecule has 0 unspecified atom stereocenters. The lowest BCUT2D eigenvalue weighted by molar-refractivity contribution is 0.0999. The van der Waals surface area contributed by atoms with Gasteiger partial charge in [0.05, 0.1) is 16.1 Å². The minimum Gasteiger partial charge on any atom is -0.365 e. The molecule has 14 heavy (non-hydrogen) atoms. The molecule has 2 N–H and O–H groups in total. The predicted molar refractivity (Wildman–Crippen MR) is 47.7 cm³/mol. The minimum atomic E-state index is -2.83. The average Bonchev–Trinajstić information content (AvgIpc) is 2.02. The summed E-state index contributed by atoms with van der Waals surface area (Å²) >= 11 is 11.0. The van der Waals surface area contributed by atoms with E-state index in [4.69, 9.17) is 28.9 Å². The zero-order valence-corrected chi connectivity index (χ0v) is 8.11. The monoisotopic (exact) mass is 240 g/mol. The molecule has 0 atom stereocenters. The van der Waals surface area contributed by atoms with Crippen LogP contribution < -0.4 is 5.73 Å². The molecule has 0 saturated carbocycles. The van der Waals surface area contributed by atoms with Crippen molar-refractivity contribution in [2.75, 3.05) is 0 Å². The van der Waals surface area contributed by atoms with Gasteiger partial charge >= 0.3 is 0 Å². The molecule has 1 rings (SSSR count). The summed E-state index contributed by atoms with van der Waals surface area (Å²) in [6.45, 7) is 0. The maximum absolute atomic E-state index is 12.3. The minimum absolute atomic E-state index is 0.285. The van der Waals surface area contributed by atoms with E-state index in [1.165, 1.54) is 0 Å². The molecule has 0 fully saturated rings. The van der Waals surface area contributed by atoms with Crippen molar-refractivity contribution in [3.8, 4) is 0 Å². The zero-order valence-electron chi connectivity index (χ0n) is 6.60. The van der Waals surface area contributed by atoms with Gasteiger partial charge in [-0.25, -0.2) is 13.8 Å². The highest BCUT2D eigenvalue weighted by Crippen LogP contribution is 2.31. The average molecular weight is 241 g/mol. The SMILES string of the molecule is NC(=O)c1c(Cl)ncc(C(F)F)c1Cl. The Labute approximate surface area is 87.8 Å². The molecule has 1 amide bonds. The van der Waals surface area contributed by atoms with Crippen LogP contribution in [0.5, 0.6) is 0 Å². The zero-order chi connectivity index (χ0) is 10.9. The van der Waals surface area contributed by atoms with Crippen molar-refractivity contribution in [1.82, 2.24) is 4.98 Å². The molecular formula is C7H4Cl2F2N2O. The molecule has 1 heterocycles. The van der Waals surface area contributed by atoms with Crippen molar-refractivity contribution >= 4 is 29.1 Å². The summed E-state index contributed by atoms with van der Waals surface area (Å²) in [5.41, 5.74) is 3.94. The second kappa shape index (κ2) is 4.06. The van der Waals surface area contributed by atoms with Gasteiger partial charge in [-0.05, 0) is 0 Å². The first kappa shape index (κ1) is 11.1. The van der Waals surface area contributed by atoms with E-state index in [0.29, 0.717) is 0 Å².